The van der Waals surface area contributed by atoms with Gasteiger partial charge < -0.3 is 19.2 Å². The van der Waals surface area contributed by atoms with Crippen molar-refractivity contribution in [2.75, 3.05) is 13.1 Å². The van der Waals surface area contributed by atoms with E-state index in [-0.39, 0.29) is 11.7 Å². The van der Waals surface area contributed by atoms with E-state index in [0.29, 0.717) is 19.0 Å². The van der Waals surface area contributed by atoms with Crippen molar-refractivity contribution in [1.29, 1.82) is 0 Å². The van der Waals surface area contributed by atoms with Crippen LogP contribution in [0.15, 0.2) is 29.3 Å². The van der Waals surface area contributed by atoms with Crippen LogP contribution < -0.4 is 5.56 Å². The number of aromatic nitrogens is 2. The maximum atomic E-state index is 12.1. The van der Waals surface area contributed by atoms with Crippen LogP contribution in [-0.2, 0) is 11.3 Å². The van der Waals surface area contributed by atoms with Gasteiger partial charge in [0, 0.05) is 37.4 Å². The third kappa shape index (κ3) is 3.63. The van der Waals surface area contributed by atoms with Gasteiger partial charge in [-0.2, -0.15) is 0 Å². The van der Waals surface area contributed by atoms with Crippen molar-refractivity contribution in [1.82, 2.24) is 14.5 Å². The minimum Gasteiger partial charge on any atom is -0.444 e. The first kappa shape index (κ1) is 16.6. The average Bonchev–Trinajstić information content (AvgIpc) is 2.91. The lowest BCUT2D eigenvalue weighted by molar-refractivity contribution is 0.0178. The third-order valence-electron chi connectivity index (χ3n) is 4.41. The van der Waals surface area contributed by atoms with Crippen LogP contribution in [0.3, 0.4) is 0 Å². The van der Waals surface area contributed by atoms with Crippen LogP contribution >= 0.6 is 0 Å². The van der Waals surface area contributed by atoms with Gasteiger partial charge in [0.1, 0.15) is 11.1 Å². The summed E-state index contributed by atoms with van der Waals surface area (Å²) in [5.74, 6) is 0.457. The minimum atomic E-state index is -0.459. The van der Waals surface area contributed by atoms with Crippen LogP contribution in [0.5, 0.6) is 0 Å². The number of likely N-dealkylation sites (tertiary alicyclic amines) is 1. The van der Waals surface area contributed by atoms with E-state index in [2.05, 4.69) is 4.98 Å². The monoisotopic (exact) mass is 331 g/mol. The molecule has 2 aromatic heterocycles. The summed E-state index contributed by atoms with van der Waals surface area (Å²) in [5, 5.41) is 0.963. The Labute approximate surface area is 141 Å². The van der Waals surface area contributed by atoms with Crippen molar-refractivity contribution >= 4 is 17.0 Å². The summed E-state index contributed by atoms with van der Waals surface area (Å²) >= 11 is 0. The molecule has 6 nitrogen and oxygen atoms in total. The number of pyridine rings is 1. The summed E-state index contributed by atoms with van der Waals surface area (Å²) < 4.78 is 7.46. The molecule has 0 unspecified atom stereocenters. The van der Waals surface area contributed by atoms with E-state index in [4.69, 9.17) is 4.74 Å². The summed E-state index contributed by atoms with van der Waals surface area (Å²) in [6, 6.07) is 3.89. The molecule has 1 amide bonds. The molecule has 1 fully saturated rings. The lowest BCUT2D eigenvalue weighted by Gasteiger charge is -2.33. The molecule has 1 N–H and O–H groups in total. The molecule has 0 aliphatic carbocycles. The molecule has 130 valence electrons. The second-order valence-electron chi connectivity index (χ2n) is 7.49. The van der Waals surface area contributed by atoms with Crippen molar-refractivity contribution in [2.24, 2.45) is 5.92 Å². The molecule has 1 aliphatic heterocycles. The molecule has 0 saturated carbocycles. The highest BCUT2D eigenvalue weighted by Gasteiger charge is 2.27. The molecule has 6 heteroatoms. The Morgan fingerprint density at radius 2 is 2.00 bits per heavy atom. The number of fused-ring (bicyclic) bond motifs is 1. The Bertz CT molecular complexity index is 777. The fraction of sp³-hybridized carbons (Fsp3) is 0.556. The number of ether oxygens (including phenoxy) is 1. The highest BCUT2D eigenvalue weighted by molar-refractivity contribution is 5.78. The second-order valence-corrected chi connectivity index (χ2v) is 7.49. The van der Waals surface area contributed by atoms with Gasteiger partial charge in [0.2, 0.25) is 0 Å². The molecule has 3 heterocycles. The molecule has 2 aromatic rings. The van der Waals surface area contributed by atoms with Crippen LogP contribution in [0.4, 0.5) is 4.79 Å². The molecule has 3 rings (SSSR count). The van der Waals surface area contributed by atoms with Gasteiger partial charge in [-0.3, -0.25) is 4.79 Å². The normalized spacial score (nSPS) is 16.5. The van der Waals surface area contributed by atoms with Crippen molar-refractivity contribution in [3.8, 4) is 0 Å². The van der Waals surface area contributed by atoms with E-state index in [1.54, 1.807) is 11.1 Å². The zero-order valence-electron chi connectivity index (χ0n) is 14.5. The second kappa shape index (κ2) is 6.34. The van der Waals surface area contributed by atoms with Crippen LogP contribution in [0.1, 0.15) is 33.6 Å². The first-order chi connectivity index (χ1) is 11.3. The standard InChI is InChI=1S/C18H25N3O3/c1-18(2,3)24-17(23)20-9-5-13(6-10-20)12-21-11-7-14-4-8-19-16(22)15(14)21/h4,7-8,11,13H,5-6,9-10,12H2,1-3H3,(H,19,22). The predicted molar refractivity (Wildman–Crippen MR) is 93.1 cm³/mol. The fourth-order valence-electron chi connectivity index (χ4n) is 3.22. The van der Waals surface area contributed by atoms with Gasteiger partial charge in [-0.1, -0.05) is 0 Å². The molecule has 0 bridgehead atoms. The number of H-pyrrole nitrogens is 1. The lowest BCUT2D eigenvalue weighted by atomic mass is 9.97. The number of hydrogen-bond acceptors (Lipinski definition) is 3. The highest BCUT2D eigenvalue weighted by atomic mass is 16.6. The Balaban J connectivity index is 1.61. The first-order valence-electron chi connectivity index (χ1n) is 8.48. The minimum absolute atomic E-state index is 0.0521. The van der Waals surface area contributed by atoms with Crippen LogP contribution in [0.25, 0.3) is 10.9 Å². The number of nitrogens with zero attached hydrogens (tertiary/aromatic N) is 2. The molecule has 0 radical (unpaired) electrons. The molecule has 0 atom stereocenters. The molecular weight excluding hydrogens is 306 g/mol. The maximum absolute atomic E-state index is 12.1. The number of aromatic amines is 1. The van der Waals surface area contributed by atoms with Gasteiger partial charge in [-0.05, 0) is 51.7 Å². The third-order valence-corrected chi connectivity index (χ3v) is 4.41. The largest absolute Gasteiger partial charge is 0.444 e. The van der Waals surface area contributed by atoms with Crippen molar-refractivity contribution in [2.45, 2.75) is 45.8 Å². The summed E-state index contributed by atoms with van der Waals surface area (Å²) in [6.07, 6.45) is 5.26. The summed E-state index contributed by atoms with van der Waals surface area (Å²) in [5.41, 5.74) is 0.217. The number of amides is 1. The average molecular weight is 331 g/mol. The maximum Gasteiger partial charge on any atom is 0.410 e. The number of piperidine rings is 1. The van der Waals surface area contributed by atoms with E-state index >= 15 is 0 Å². The predicted octanol–water partition coefficient (Wildman–Crippen LogP) is 2.98. The molecule has 0 aromatic carbocycles. The highest BCUT2D eigenvalue weighted by Crippen LogP contribution is 2.22. The smallest absolute Gasteiger partial charge is 0.410 e. The van der Waals surface area contributed by atoms with Crippen LogP contribution in [-0.4, -0.2) is 39.2 Å². The van der Waals surface area contributed by atoms with Crippen molar-refractivity contribution < 1.29 is 9.53 Å². The summed E-state index contributed by atoms with van der Waals surface area (Å²) in [7, 11) is 0. The van der Waals surface area contributed by atoms with Gasteiger partial charge >= 0.3 is 6.09 Å². The van der Waals surface area contributed by atoms with Gasteiger partial charge in [0.05, 0.1) is 0 Å². The van der Waals surface area contributed by atoms with Gasteiger partial charge in [-0.25, -0.2) is 4.79 Å². The van der Waals surface area contributed by atoms with Crippen LogP contribution in [0, 0.1) is 5.92 Å². The number of carbonyl (C=O) groups excluding carboxylic acids is 1. The Morgan fingerprint density at radius 1 is 1.29 bits per heavy atom. The molecule has 24 heavy (non-hydrogen) atoms. The summed E-state index contributed by atoms with van der Waals surface area (Å²) in [4.78, 5) is 28.7. The van der Waals surface area contributed by atoms with Crippen molar-refractivity contribution in [3.05, 3.63) is 34.9 Å². The van der Waals surface area contributed by atoms with Crippen molar-refractivity contribution in [3.63, 3.8) is 0 Å². The number of carbonyl (C=O) groups is 1. The SMILES string of the molecule is CC(C)(C)OC(=O)N1CCC(Cn2ccc3cc[nH]c(=O)c32)CC1. The van der Waals surface area contributed by atoms with E-state index in [1.807, 2.05) is 43.7 Å². The molecule has 1 aliphatic rings. The number of rotatable bonds is 2. The van der Waals surface area contributed by atoms with Gasteiger partial charge in [0.25, 0.3) is 5.56 Å². The number of hydrogen-bond donors (Lipinski definition) is 1. The Hall–Kier alpha value is -2.24. The van der Waals surface area contributed by atoms with E-state index in [0.717, 1.165) is 30.3 Å². The number of nitrogens with one attached hydrogen (secondary N) is 1. The van der Waals surface area contributed by atoms with E-state index in [1.165, 1.54) is 0 Å². The fourth-order valence-corrected chi connectivity index (χ4v) is 3.22. The Kier molecular flexibility index (Phi) is 4.39. The first-order valence-corrected chi connectivity index (χ1v) is 8.48. The molecular formula is C18H25N3O3. The van der Waals surface area contributed by atoms with E-state index < -0.39 is 5.60 Å². The molecule has 1 saturated heterocycles. The van der Waals surface area contributed by atoms with Gasteiger partial charge in [0.15, 0.2) is 0 Å². The quantitative estimate of drug-likeness (QED) is 0.920. The van der Waals surface area contributed by atoms with Gasteiger partial charge in [-0.15, -0.1) is 0 Å². The Morgan fingerprint density at radius 3 is 2.67 bits per heavy atom. The summed E-state index contributed by atoms with van der Waals surface area (Å²) in [6.45, 7) is 7.86. The zero-order chi connectivity index (χ0) is 17.3. The van der Waals surface area contributed by atoms with Crippen LogP contribution in [0.2, 0.25) is 0 Å². The topological polar surface area (TPSA) is 67.3 Å². The van der Waals surface area contributed by atoms with E-state index in [9.17, 15) is 9.59 Å². The zero-order valence-corrected chi connectivity index (χ0v) is 14.5. The molecule has 0 spiro atoms. The lowest BCUT2D eigenvalue weighted by Crippen LogP contribution is -2.42.